The van der Waals surface area contributed by atoms with E-state index in [2.05, 4.69) is 6.58 Å². The third kappa shape index (κ3) is 2.09. The van der Waals surface area contributed by atoms with Gasteiger partial charge in [0.15, 0.2) is 9.84 Å². The van der Waals surface area contributed by atoms with E-state index in [-0.39, 0.29) is 16.4 Å². The van der Waals surface area contributed by atoms with Crippen molar-refractivity contribution in [2.45, 2.75) is 4.90 Å². The van der Waals surface area contributed by atoms with Gasteiger partial charge in [-0.15, -0.1) is 6.58 Å². The van der Waals surface area contributed by atoms with E-state index in [4.69, 9.17) is 0 Å². The number of benzene rings is 1. The fraction of sp³-hybridized carbons (Fsp3) is 0.111. The topological polar surface area (TPSA) is 54.4 Å². The normalized spacial score (nSPS) is 11.1. The molecule has 0 fully saturated rings. The van der Waals surface area contributed by atoms with E-state index in [9.17, 15) is 13.5 Å². The van der Waals surface area contributed by atoms with Crippen molar-refractivity contribution in [3.05, 3.63) is 36.9 Å². The summed E-state index contributed by atoms with van der Waals surface area (Å²) in [4.78, 5) is -0.0464. The highest BCUT2D eigenvalue weighted by molar-refractivity contribution is 7.91. The third-order valence-corrected chi connectivity index (χ3v) is 3.23. The fourth-order valence-corrected chi connectivity index (χ4v) is 2.13. The van der Waals surface area contributed by atoms with E-state index in [0.29, 0.717) is 0 Å². The van der Waals surface area contributed by atoms with Crippen molar-refractivity contribution in [3.63, 3.8) is 0 Å². The van der Waals surface area contributed by atoms with Crippen molar-refractivity contribution in [1.82, 2.24) is 0 Å². The first-order valence-electron chi connectivity index (χ1n) is 3.69. The Labute approximate surface area is 77.3 Å². The second-order valence-corrected chi connectivity index (χ2v) is 4.54. The largest absolute Gasteiger partial charge is 0.507 e. The first kappa shape index (κ1) is 9.80. The lowest BCUT2D eigenvalue weighted by Gasteiger charge is -2.02. The van der Waals surface area contributed by atoms with E-state index in [1.165, 1.54) is 18.2 Å². The van der Waals surface area contributed by atoms with Crippen LogP contribution in [0.1, 0.15) is 0 Å². The molecule has 0 atom stereocenters. The van der Waals surface area contributed by atoms with E-state index in [1.54, 1.807) is 12.1 Å². The standard InChI is InChI=1S/C9H10O3S/c1-2-7-13(11,12)9-6-4-3-5-8(9)10/h2-6,10H,1,7H2. The minimum atomic E-state index is -3.41. The van der Waals surface area contributed by atoms with Crippen molar-refractivity contribution in [2.24, 2.45) is 0 Å². The molecule has 0 aliphatic heterocycles. The van der Waals surface area contributed by atoms with Gasteiger partial charge in [-0.1, -0.05) is 18.2 Å². The number of phenolic OH excluding ortho intramolecular Hbond substituents is 1. The smallest absolute Gasteiger partial charge is 0.185 e. The number of phenols is 1. The Morgan fingerprint density at radius 1 is 1.38 bits per heavy atom. The van der Waals surface area contributed by atoms with Gasteiger partial charge in [0.2, 0.25) is 0 Å². The summed E-state index contributed by atoms with van der Waals surface area (Å²) in [6, 6.07) is 5.85. The zero-order valence-electron chi connectivity index (χ0n) is 6.97. The number of para-hydroxylation sites is 1. The molecule has 3 nitrogen and oxygen atoms in total. The molecule has 0 aliphatic rings. The fourth-order valence-electron chi connectivity index (χ4n) is 0.965. The lowest BCUT2D eigenvalue weighted by molar-refractivity contribution is 0.459. The molecular weight excluding hydrogens is 188 g/mol. The number of rotatable bonds is 3. The predicted octanol–water partition coefficient (Wildman–Crippen LogP) is 1.35. The van der Waals surface area contributed by atoms with Gasteiger partial charge < -0.3 is 5.11 Å². The summed E-state index contributed by atoms with van der Waals surface area (Å²) in [7, 11) is -3.41. The number of sulfone groups is 1. The average molecular weight is 198 g/mol. The Kier molecular flexibility index (Phi) is 2.72. The highest BCUT2D eigenvalue weighted by atomic mass is 32.2. The maximum Gasteiger partial charge on any atom is 0.185 e. The van der Waals surface area contributed by atoms with Crippen LogP contribution >= 0.6 is 0 Å². The molecule has 1 N–H and O–H groups in total. The van der Waals surface area contributed by atoms with Gasteiger partial charge in [0.1, 0.15) is 10.6 Å². The van der Waals surface area contributed by atoms with Crippen molar-refractivity contribution in [2.75, 3.05) is 5.75 Å². The summed E-state index contributed by atoms with van der Waals surface area (Å²) in [5.41, 5.74) is 0. The van der Waals surface area contributed by atoms with Crippen LogP contribution in [-0.2, 0) is 9.84 Å². The maximum absolute atomic E-state index is 11.4. The molecule has 0 saturated heterocycles. The van der Waals surface area contributed by atoms with Gasteiger partial charge in [-0.2, -0.15) is 0 Å². The molecule has 0 amide bonds. The molecule has 0 heterocycles. The molecule has 0 unspecified atom stereocenters. The molecule has 0 aromatic heterocycles. The molecule has 0 radical (unpaired) electrons. The minimum absolute atomic E-state index is 0.0464. The Morgan fingerprint density at radius 2 is 2.00 bits per heavy atom. The zero-order valence-corrected chi connectivity index (χ0v) is 7.79. The molecule has 4 heteroatoms. The average Bonchev–Trinajstić information content (AvgIpc) is 2.04. The summed E-state index contributed by atoms with van der Waals surface area (Å²) < 4.78 is 22.8. The van der Waals surface area contributed by atoms with Crippen molar-refractivity contribution >= 4 is 9.84 Å². The van der Waals surface area contributed by atoms with Gasteiger partial charge >= 0.3 is 0 Å². The van der Waals surface area contributed by atoms with Crippen molar-refractivity contribution < 1.29 is 13.5 Å². The lowest BCUT2D eigenvalue weighted by Crippen LogP contribution is -2.04. The van der Waals surface area contributed by atoms with E-state index in [1.807, 2.05) is 0 Å². The van der Waals surface area contributed by atoms with Crippen LogP contribution in [0.3, 0.4) is 0 Å². The third-order valence-electron chi connectivity index (χ3n) is 1.54. The van der Waals surface area contributed by atoms with Crippen LogP contribution in [0.5, 0.6) is 5.75 Å². The van der Waals surface area contributed by atoms with Gasteiger partial charge in [-0.3, -0.25) is 0 Å². The van der Waals surface area contributed by atoms with Gasteiger partial charge in [-0.05, 0) is 12.1 Å². The molecule has 70 valence electrons. The van der Waals surface area contributed by atoms with E-state index in [0.717, 1.165) is 0 Å². The Morgan fingerprint density at radius 3 is 2.54 bits per heavy atom. The molecule has 13 heavy (non-hydrogen) atoms. The summed E-state index contributed by atoms with van der Waals surface area (Å²) in [6.45, 7) is 3.34. The van der Waals surface area contributed by atoms with Crippen molar-refractivity contribution in [1.29, 1.82) is 0 Å². The molecule has 0 saturated carbocycles. The van der Waals surface area contributed by atoms with Crippen LogP contribution in [0.15, 0.2) is 41.8 Å². The molecular formula is C9H10O3S. The summed E-state index contributed by atoms with van der Waals surface area (Å²) >= 11 is 0. The van der Waals surface area contributed by atoms with Gasteiger partial charge in [0.05, 0.1) is 5.75 Å². The predicted molar refractivity (Wildman–Crippen MR) is 50.4 cm³/mol. The quantitative estimate of drug-likeness (QED) is 0.746. The zero-order chi connectivity index (χ0) is 9.90. The van der Waals surface area contributed by atoms with Crippen LogP contribution in [0.4, 0.5) is 0 Å². The molecule has 1 aromatic carbocycles. The number of hydrogen-bond donors (Lipinski definition) is 1. The first-order chi connectivity index (χ1) is 6.08. The number of hydrogen-bond acceptors (Lipinski definition) is 3. The molecule has 0 aliphatic carbocycles. The Bertz CT molecular complexity index is 407. The first-order valence-corrected chi connectivity index (χ1v) is 5.35. The van der Waals surface area contributed by atoms with Gasteiger partial charge in [-0.25, -0.2) is 8.42 Å². The second kappa shape index (κ2) is 3.62. The highest BCUT2D eigenvalue weighted by Crippen LogP contribution is 2.22. The van der Waals surface area contributed by atoms with Gasteiger partial charge in [0, 0.05) is 0 Å². The van der Waals surface area contributed by atoms with Crippen LogP contribution in [-0.4, -0.2) is 19.3 Å². The highest BCUT2D eigenvalue weighted by Gasteiger charge is 2.15. The summed E-state index contributed by atoms with van der Waals surface area (Å²) in [5.74, 6) is -0.380. The maximum atomic E-state index is 11.4. The second-order valence-electron chi connectivity index (χ2n) is 2.54. The molecule has 0 spiro atoms. The monoisotopic (exact) mass is 198 g/mol. The SMILES string of the molecule is C=CCS(=O)(=O)c1ccccc1O. The number of aromatic hydroxyl groups is 1. The lowest BCUT2D eigenvalue weighted by atomic mass is 10.3. The summed E-state index contributed by atoms with van der Waals surface area (Å²) in [6.07, 6.45) is 1.29. The van der Waals surface area contributed by atoms with Crippen LogP contribution < -0.4 is 0 Å². The van der Waals surface area contributed by atoms with Crippen LogP contribution in [0, 0.1) is 0 Å². The van der Waals surface area contributed by atoms with Crippen molar-refractivity contribution in [3.8, 4) is 5.75 Å². The minimum Gasteiger partial charge on any atom is -0.507 e. The Hall–Kier alpha value is -1.29. The van der Waals surface area contributed by atoms with E-state index < -0.39 is 9.84 Å². The van der Waals surface area contributed by atoms with E-state index >= 15 is 0 Å². The molecule has 1 aromatic rings. The Balaban J connectivity index is 3.22. The molecule has 1 rings (SSSR count). The van der Waals surface area contributed by atoms with Crippen LogP contribution in [0.2, 0.25) is 0 Å². The molecule has 0 bridgehead atoms. The summed E-state index contributed by atoms with van der Waals surface area (Å²) in [5, 5.41) is 9.26. The van der Waals surface area contributed by atoms with Gasteiger partial charge in [0.25, 0.3) is 0 Å². The van der Waals surface area contributed by atoms with Crippen LogP contribution in [0.25, 0.3) is 0 Å².